The van der Waals surface area contributed by atoms with Crippen LogP contribution in [0.3, 0.4) is 0 Å². The Kier molecular flexibility index (Phi) is 5.47. The van der Waals surface area contributed by atoms with Gasteiger partial charge in [-0.1, -0.05) is 18.2 Å². The molecule has 126 valence electrons. The Morgan fingerprint density at radius 1 is 1.17 bits per heavy atom. The van der Waals surface area contributed by atoms with E-state index >= 15 is 0 Å². The summed E-state index contributed by atoms with van der Waals surface area (Å²) in [6, 6.07) is 9.06. The Morgan fingerprint density at radius 2 is 1.88 bits per heavy atom. The highest BCUT2D eigenvalue weighted by atomic mass is 19.1. The van der Waals surface area contributed by atoms with E-state index in [-0.39, 0.29) is 17.7 Å². The SMILES string of the molecule is C[C@H](NC(=O)CNc1ccccc1C(N)=O)c1ccc(F)cc1F. The molecule has 2 amide bonds. The van der Waals surface area contributed by atoms with Gasteiger partial charge in [0, 0.05) is 17.3 Å². The summed E-state index contributed by atoms with van der Waals surface area (Å²) in [5, 5.41) is 5.40. The molecule has 0 radical (unpaired) electrons. The fourth-order valence-corrected chi connectivity index (χ4v) is 2.25. The van der Waals surface area contributed by atoms with Crippen molar-refractivity contribution in [2.24, 2.45) is 5.73 Å². The van der Waals surface area contributed by atoms with Crippen molar-refractivity contribution in [1.29, 1.82) is 0 Å². The molecule has 0 aliphatic heterocycles. The zero-order valence-electron chi connectivity index (χ0n) is 13.0. The normalized spacial score (nSPS) is 11.6. The van der Waals surface area contributed by atoms with E-state index in [1.54, 1.807) is 31.2 Å². The maximum absolute atomic E-state index is 13.7. The molecule has 2 rings (SSSR count). The van der Waals surface area contributed by atoms with Crippen LogP contribution >= 0.6 is 0 Å². The van der Waals surface area contributed by atoms with Gasteiger partial charge in [-0.05, 0) is 25.1 Å². The van der Waals surface area contributed by atoms with E-state index in [0.717, 1.165) is 12.1 Å². The van der Waals surface area contributed by atoms with Gasteiger partial charge in [-0.2, -0.15) is 0 Å². The van der Waals surface area contributed by atoms with Crippen molar-refractivity contribution in [3.8, 4) is 0 Å². The predicted octanol–water partition coefficient (Wildman–Crippen LogP) is 2.35. The first-order chi connectivity index (χ1) is 11.4. The van der Waals surface area contributed by atoms with Gasteiger partial charge in [0.15, 0.2) is 0 Å². The number of hydrogen-bond donors (Lipinski definition) is 3. The largest absolute Gasteiger partial charge is 0.376 e. The average Bonchev–Trinajstić information content (AvgIpc) is 2.52. The molecule has 0 fully saturated rings. The molecular formula is C17H17F2N3O2. The van der Waals surface area contributed by atoms with Crippen molar-refractivity contribution in [3.05, 3.63) is 65.2 Å². The number of nitrogens with one attached hydrogen (secondary N) is 2. The van der Waals surface area contributed by atoms with Crippen molar-refractivity contribution in [2.45, 2.75) is 13.0 Å². The maximum Gasteiger partial charge on any atom is 0.250 e. The minimum Gasteiger partial charge on any atom is -0.376 e. The van der Waals surface area contributed by atoms with Crippen LogP contribution in [0.15, 0.2) is 42.5 Å². The summed E-state index contributed by atoms with van der Waals surface area (Å²) in [5.41, 5.74) is 6.14. The molecule has 7 heteroatoms. The lowest BCUT2D eigenvalue weighted by molar-refractivity contribution is -0.120. The maximum atomic E-state index is 13.7. The van der Waals surface area contributed by atoms with Crippen LogP contribution in [0.2, 0.25) is 0 Å². The van der Waals surface area contributed by atoms with E-state index in [0.29, 0.717) is 5.69 Å². The van der Waals surface area contributed by atoms with Gasteiger partial charge in [0.05, 0.1) is 18.2 Å². The van der Waals surface area contributed by atoms with Crippen LogP contribution in [0, 0.1) is 11.6 Å². The number of anilines is 1. The molecule has 5 nitrogen and oxygen atoms in total. The fourth-order valence-electron chi connectivity index (χ4n) is 2.25. The van der Waals surface area contributed by atoms with Gasteiger partial charge in [0.1, 0.15) is 11.6 Å². The summed E-state index contributed by atoms with van der Waals surface area (Å²) < 4.78 is 26.6. The summed E-state index contributed by atoms with van der Waals surface area (Å²) in [7, 11) is 0. The number of benzene rings is 2. The van der Waals surface area contributed by atoms with Crippen molar-refractivity contribution in [3.63, 3.8) is 0 Å². The van der Waals surface area contributed by atoms with Crippen molar-refractivity contribution in [1.82, 2.24) is 5.32 Å². The van der Waals surface area contributed by atoms with Gasteiger partial charge in [0.2, 0.25) is 5.91 Å². The molecule has 2 aromatic rings. The van der Waals surface area contributed by atoms with Gasteiger partial charge in [-0.3, -0.25) is 9.59 Å². The number of nitrogens with two attached hydrogens (primary N) is 1. The van der Waals surface area contributed by atoms with Crippen LogP contribution in [0.4, 0.5) is 14.5 Å². The van der Waals surface area contributed by atoms with E-state index in [9.17, 15) is 18.4 Å². The standard InChI is InChI=1S/C17H17F2N3O2/c1-10(12-7-6-11(18)8-14(12)19)22-16(23)9-21-15-5-3-2-4-13(15)17(20)24/h2-8,10,21H,9H2,1H3,(H2,20,24)(H,22,23)/t10-/m0/s1. The molecule has 1 atom stereocenters. The molecule has 2 aromatic carbocycles. The van der Waals surface area contributed by atoms with E-state index in [2.05, 4.69) is 10.6 Å². The minimum absolute atomic E-state index is 0.128. The molecule has 4 N–H and O–H groups in total. The van der Waals surface area contributed by atoms with Crippen LogP contribution in [0.1, 0.15) is 28.9 Å². The number of rotatable bonds is 6. The third-order valence-electron chi connectivity index (χ3n) is 3.44. The highest BCUT2D eigenvalue weighted by Gasteiger charge is 2.15. The minimum atomic E-state index is -0.727. The van der Waals surface area contributed by atoms with Gasteiger partial charge in [0.25, 0.3) is 5.91 Å². The van der Waals surface area contributed by atoms with E-state index in [1.807, 2.05) is 0 Å². The Balaban J connectivity index is 1.97. The number of hydrogen-bond acceptors (Lipinski definition) is 3. The summed E-state index contributed by atoms with van der Waals surface area (Å²) >= 11 is 0. The van der Waals surface area contributed by atoms with Crippen LogP contribution in [0.25, 0.3) is 0 Å². The third-order valence-corrected chi connectivity index (χ3v) is 3.44. The van der Waals surface area contributed by atoms with Crippen LogP contribution in [0.5, 0.6) is 0 Å². The van der Waals surface area contributed by atoms with Crippen LogP contribution in [-0.4, -0.2) is 18.4 Å². The first-order valence-corrected chi connectivity index (χ1v) is 7.25. The second-order valence-electron chi connectivity index (χ2n) is 5.22. The van der Waals surface area contributed by atoms with E-state index in [4.69, 9.17) is 5.73 Å². The smallest absolute Gasteiger partial charge is 0.250 e. The van der Waals surface area contributed by atoms with Gasteiger partial charge >= 0.3 is 0 Å². The second kappa shape index (κ2) is 7.54. The highest BCUT2D eigenvalue weighted by Crippen LogP contribution is 2.18. The number of carbonyl (C=O) groups is 2. The lowest BCUT2D eigenvalue weighted by atomic mass is 10.1. The Bertz CT molecular complexity index is 765. The molecule has 0 saturated carbocycles. The second-order valence-corrected chi connectivity index (χ2v) is 5.22. The molecule has 0 spiro atoms. The molecule has 0 heterocycles. The molecule has 0 saturated heterocycles. The topological polar surface area (TPSA) is 84.2 Å². The monoisotopic (exact) mass is 333 g/mol. The van der Waals surface area contributed by atoms with Crippen molar-refractivity contribution < 1.29 is 18.4 Å². The highest BCUT2D eigenvalue weighted by molar-refractivity contribution is 5.99. The van der Waals surface area contributed by atoms with Crippen LogP contribution in [-0.2, 0) is 4.79 Å². The number of amides is 2. The lowest BCUT2D eigenvalue weighted by Gasteiger charge is -2.16. The number of primary amides is 1. The van der Waals surface area contributed by atoms with Gasteiger partial charge in [-0.15, -0.1) is 0 Å². The molecule has 0 unspecified atom stereocenters. The molecular weight excluding hydrogens is 316 g/mol. The zero-order valence-corrected chi connectivity index (χ0v) is 13.0. The number of para-hydroxylation sites is 1. The predicted molar refractivity (Wildman–Crippen MR) is 86.4 cm³/mol. The number of carbonyl (C=O) groups excluding carboxylic acids is 2. The molecule has 0 aliphatic rings. The molecule has 24 heavy (non-hydrogen) atoms. The lowest BCUT2D eigenvalue weighted by Crippen LogP contribution is -2.32. The average molecular weight is 333 g/mol. The first-order valence-electron chi connectivity index (χ1n) is 7.25. The quantitative estimate of drug-likeness (QED) is 0.759. The van der Waals surface area contributed by atoms with E-state index < -0.39 is 29.5 Å². The molecule has 0 bridgehead atoms. The molecule has 0 aliphatic carbocycles. The fraction of sp³-hybridized carbons (Fsp3) is 0.176. The van der Waals surface area contributed by atoms with Gasteiger partial charge in [-0.25, -0.2) is 8.78 Å². The zero-order chi connectivity index (χ0) is 17.7. The van der Waals surface area contributed by atoms with Crippen molar-refractivity contribution >= 4 is 17.5 Å². The van der Waals surface area contributed by atoms with Gasteiger partial charge < -0.3 is 16.4 Å². The summed E-state index contributed by atoms with van der Waals surface area (Å²) in [6.45, 7) is 1.46. The summed E-state index contributed by atoms with van der Waals surface area (Å²) in [6.07, 6.45) is 0. The first kappa shape index (κ1) is 17.4. The third kappa shape index (κ3) is 4.28. The Morgan fingerprint density at radius 3 is 2.54 bits per heavy atom. The van der Waals surface area contributed by atoms with Crippen molar-refractivity contribution in [2.75, 3.05) is 11.9 Å². The molecule has 0 aromatic heterocycles. The number of halogens is 2. The van der Waals surface area contributed by atoms with E-state index in [1.165, 1.54) is 6.07 Å². The Hall–Kier alpha value is -2.96. The Labute approximate surface area is 137 Å². The summed E-state index contributed by atoms with van der Waals surface area (Å²) in [5.74, 6) is -2.43. The van der Waals surface area contributed by atoms with Crippen LogP contribution < -0.4 is 16.4 Å². The summed E-state index contributed by atoms with van der Waals surface area (Å²) in [4.78, 5) is 23.3.